The van der Waals surface area contributed by atoms with Gasteiger partial charge in [-0.05, 0) is 66.9 Å². The molecule has 11 heteroatoms. The van der Waals surface area contributed by atoms with Crippen LogP contribution in [0.5, 0.6) is 5.75 Å². The zero-order chi connectivity index (χ0) is 27.5. The lowest BCUT2D eigenvalue weighted by atomic mass is 9.94. The Kier molecular flexibility index (Phi) is 8.08. The maximum absolute atomic E-state index is 13.6. The SMILES string of the molecule is COc1cccc(C(c2ccccn2)N(C)C(=O)C2CCN(S(=O)(=O)c3ccc(C(F)(F)F)cc3)CC2)c1. The van der Waals surface area contributed by atoms with Crippen molar-refractivity contribution in [1.82, 2.24) is 14.2 Å². The number of piperidine rings is 1. The van der Waals surface area contributed by atoms with E-state index in [1.807, 2.05) is 36.4 Å². The summed E-state index contributed by atoms with van der Waals surface area (Å²) in [4.78, 5) is 19.5. The number of carbonyl (C=O) groups excluding carboxylic acids is 1. The van der Waals surface area contributed by atoms with Crippen molar-refractivity contribution in [3.8, 4) is 5.75 Å². The molecule has 0 saturated carbocycles. The lowest BCUT2D eigenvalue weighted by Crippen LogP contribution is -2.44. The third-order valence-corrected chi connectivity index (χ3v) is 8.65. The van der Waals surface area contributed by atoms with Crippen LogP contribution in [0.15, 0.2) is 77.8 Å². The first-order valence-electron chi connectivity index (χ1n) is 12.0. The molecule has 7 nitrogen and oxygen atoms in total. The molecule has 0 spiro atoms. The van der Waals surface area contributed by atoms with Crippen LogP contribution in [0.2, 0.25) is 0 Å². The Hall–Kier alpha value is -3.44. The van der Waals surface area contributed by atoms with Gasteiger partial charge in [0.2, 0.25) is 15.9 Å². The highest BCUT2D eigenvalue weighted by Gasteiger charge is 2.36. The van der Waals surface area contributed by atoms with E-state index in [4.69, 9.17) is 4.74 Å². The largest absolute Gasteiger partial charge is 0.497 e. The molecule has 2 heterocycles. The second-order valence-corrected chi connectivity index (χ2v) is 11.0. The summed E-state index contributed by atoms with van der Waals surface area (Å²) in [5, 5.41) is 0. The van der Waals surface area contributed by atoms with E-state index in [1.54, 1.807) is 31.3 Å². The molecule has 0 bridgehead atoms. The number of pyridine rings is 1. The first-order valence-corrected chi connectivity index (χ1v) is 13.5. The Bertz CT molecular complexity index is 1360. The Labute approximate surface area is 219 Å². The molecule has 2 aromatic carbocycles. The van der Waals surface area contributed by atoms with Gasteiger partial charge < -0.3 is 9.64 Å². The Morgan fingerprint density at radius 1 is 1.05 bits per heavy atom. The number of amides is 1. The summed E-state index contributed by atoms with van der Waals surface area (Å²) >= 11 is 0. The van der Waals surface area contributed by atoms with Crippen molar-refractivity contribution in [3.63, 3.8) is 0 Å². The van der Waals surface area contributed by atoms with Crippen LogP contribution in [0, 0.1) is 5.92 Å². The van der Waals surface area contributed by atoms with Gasteiger partial charge in [-0.25, -0.2) is 8.42 Å². The maximum Gasteiger partial charge on any atom is 0.416 e. The van der Waals surface area contributed by atoms with Crippen molar-refractivity contribution >= 4 is 15.9 Å². The molecule has 1 fully saturated rings. The topological polar surface area (TPSA) is 79.8 Å². The molecule has 0 aliphatic carbocycles. The van der Waals surface area contributed by atoms with Gasteiger partial charge in [0.05, 0.1) is 29.3 Å². The lowest BCUT2D eigenvalue weighted by molar-refractivity contribution is -0.138. The fourth-order valence-corrected chi connectivity index (χ4v) is 6.14. The smallest absolute Gasteiger partial charge is 0.416 e. The minimum Gasteiger partial charge on any atom is -0.497 e. The highest BCUT2D eigenvalue weighted by molar-refractivity contribution is 7.89. The van der Waals surface area contributed by atoms with Crippen LogP contribution in [0.25, 0.3) is 0 Å². The molecular weight excluding hydrogens is 519 g/mol. The molecule has 3 aromatic rings. The van der Waals surface area contributed by atoms with E-state index < -0.39 is 33.7 Å². The zero-order valence-electron chi connectivity index (χ0n) is 20.9. The second-order valence-electron chi connectivity index (χ2n) is 9.08. The fourth-order valence-electron chi connectivity index (χ4n) is 4.67. The number of hydrogen-bond acceptors (Lipinski definition) is 5. The van der Waals surface area contributed by atoms with Crippen LogP contribution in [-0.4, -0.2) is 55.8 Å². The number of benzene rings is 2. The number of hydrogen-bond donors (Lipinski definition) is 0. The number of rotatable bonds is 7. The highest BCUT2D eigenvalue weighted by Crippen LogP contribution is 2.33. The van der Waals surface area contributed by atoms with Crippen LogP contribution in [0.1, 0.15) is 35.7 Å². The van der Waals surface area contributed by atoms with Crippen LogP contribution >= 0.6 is 0 Å². The van der Waals surface area contributed by atoms with Gasteiger partial charge in [-0.2, -0.15) is 17.5 Å². The molecule has 38 heavy (non-hydrogen) atoms. The second kappa shape index (κ2) is 11.1. The summed E-state index contributed by atoms with van der Waals surface area (Å²) in [7, 11) is -0.720. The highest BCUT2D eigenvalue weighted by atomic mass is 32.2. The number of aromatic nitrogens is 1. The van der Waals surface area contributed by atoms with Gasteiger partial charge in [-0.15, -0.1) is 0 Å². The Morgan fingerprint density at radius 3 is 2.32 bits per heavy atom. The minimum absolute atomic E-state index is 0.0843. The van der Waals surface area contributed by atoms with Crippen molar-refractivity contribution in [1.29, 1.82) is 0 Å². The van der Waals surface area contributed by atoms with E-state index in [1.165, 1.54) is 4.31 Å². The number of methoxy groups -OCH3 is 1. The summed E-state index contributed by atoms with van der Waals surface area (Å²) in [6, 6.07) is 15.8. The van der Waals surface area contributed by atoms with Crippen LogP contribution in [-0.2, 0) is 21.0 Å². The quantitative estimate of drug-likeness (QED) is 0.426. The summed E-state index contributed by atoms with van der Waals surface area (Å²) in [5.41, 5.74) is 0.586. The van der Waals surface area contributed by atoms with Crippen molar-refractivity contribution in [2.45, 2.75) is 30.0 Å². The van der Waals surface area contributed by atoms with Crippen molar-refractivity contribution in [2.24, 2.45) is 5.92 Å². The third kappa shape index (κ3) is 5.83. The van der Waals surface area contributed by atoms with Crippen molar-refractivity contribution in [3.05, 3.63) is 89.7 Å². The molecule has 1 unspecified atom stereocenters. The summed E-state index contributed by atoms with van der Waals surface area (Å²) in [5.74, 6) is 0.0805. The molecule has 1 atom stereocenters. The van der Waals surface area contributed by atoms with E-state index in [0.29, 0.717) is 11.4 Å². The molecule has 0 radical (unpaired) electrons. The number of halogens is 3. The summed E-state index contributed by atoms with van der Waals surface area (Å²) < 4.78 is 71.2. The third-order valence-electron chi connectivity index (χ3n) is 6.73. The standard InChI is InChI=1S/C27H28F3N3O4S/c1-32(25(24-8-3-4-15-31-24)20-6-5-7-22(18-20)37-2)26(34)19-13-16-33(17-14-19)38(35,36)23-11-9-21(10-12-23)27(28,29)30/h3-12,15,18-19,25H,13-14,16-17H2,1-2H3. The van der Waals surface area contributed by atoms with Crippen LogP contribution in [0.3, 0.4) is 0 Å². The number of ether oxygens (including phenoxy) is 1. The van der Waals surface area contributed by atoms with Gasteiger partial charge >= 0.3 is 6.18 Å². The van der Waals surface area contributed by atoms with E-state index in [-0.39, 0.29) is 36.7 Å². The molecule has 1 aliphatic heterocycles. The van der Waals surface area contributed by atoms with Crippen molar-refractivity contribution < 1.29 is 31.1 Å². The average molecular weight is 548 g/mol. The van der Waals surface area contributed by atoms with Gasteiger partial charge in [0.15, 0.2) is 0 Å². The average Bonchev–Trinajstić information content (AvgIpc) is 2.93. The summed E-state index contributed by atoms with van der Waals surface area (Å²) in [6.07, 6.45) is -2.32. The Balaban J connectivity index is 1.49. The lowest BCUT2D eigenvalue weighted by Gasteiger charge is -2.35. The van der Waals surface area contributed by atoms with E-state index in [0.717, 1.165) is 29.8 Å². The normalized spacial score (nSPS) is 16.1. The first kappa shape index (κ1) is 27.6. The minimum atomic E-state index is -4.55. The number of nitrogens with zero attached hydrogens (tertiary/aromatic N) is 3. The van der Waals surface area contributed by atoms with Gasteiger partial charge in [0.1, 0.15) is 5.75 Å². The van der Waals surface area contributed by atoms with Crippen LogP contribution < -0.4 is 4.74 Å². The molecular formula is C27H28F3N3O4S. The van der Waals surface area contributed by atoms with Crippen LogP contribution in [0.4, 0.5) is 13.2 Å². The molecule has 202 valence electrons. The molecule has 1 saturated heterocycles. The van der Waals surface area contributed by atoms with E-state index in [2.05, 4.69) is 4.98 Å². The molecule has 1 amide bonds. The molecule has 1 aliphatic rings. The first-order chi connectivity index (χ1) is 18.0. The Morgan fingerprint density at radius 2 is 1.74 bits per heavy atom. The van der Waals surface area contributed by atoms with E-state index in [9.17, 15) is 26.4 Å². The van der Waals surface area contributed by atoms with Gasteiger partial charge in [-0.3, -0.25) is 9.78 Å². The molecule has 0 N–H and O–H groups in total. The van der Waals surface area contributed by atoms with E-state index >= 15 is 0 Å². The predicted molar refractivity (Wildman–Crippen MR) is 135 cm³/mol. The zero-order valence-corrected chi connectivity index (χ0v) is 21.7. The maximum atomic E-state index is 13.6. The number of sulfonamides is 1. The summed E-state index contributed by atoms with van der Waals surface area (Å²) in [6.45, 7) is 0.169. The molecule has 1 aromatic heterocycles. The number of alkyl halides is 3. The molecule has 4 rings (SSSR count). The number of carbonyl (C=O) groups is 1. The van der Waals surface area contributed by atoms with Gasteiger partial charge in [0.25, 0.3) is 0 Å². The van der Waals surface area contributed by atoms with Crippen molar-refractivity contribution in [2.75, 3.05) is 27.2 Å². The fraction of sp³-hybridized carbons (Fsp3) is 0.333. The predicted octanol–water partition coefficient (Wildman–Crippen LogP) is 4.76. The van der Waals surface area contributed by atoms with Gasteiger partial charge in [-0.1, -0.05) is 18.2 Å². The monoisotopic (exact) mass is 547 g/mol. The van der Waals surface area contributed by atoms with Gasteiger partial charge in [0, 0.05) is 32.3 Å².